The monoisotopic (exact) mass is 1020 g/mol. The number of carbonyl (C=O) groups excluding carboxylic acids is 2. The zero-order chi connectivity index (χ0) is 52.7. The Balaban J connectivity index is 4.35. The zero-order valence-corrected chi connectivity index (χ0v) is 47.3. The normalized spacial score (nSPS) is 14.2. The Kier molecular flexibility index (Phi) is 49.7. The summed E-state index contributed by atoms with van der Waals surface area (Å²) in [5, 5.41) is 0. The van der Waals surface area contributed by atoms with Crippen LogP contribution in [-0.2, 0) is 32.7 Å². The number of carbonyl (C=O) groups is 2. The number of nitrogens with zero attached hydrogens (tertiary/aromatic N) is 1. The second-order valence-corrected chi connectivity index (χ2v) is 21.0. The molecule has 2 atom stereocenters. The summed E-state index contributed by atoms with van der Waals surface area (Å²) < 4.78 is 34.4. The second kappa shape index (κ2) is 52.3. The molecule has 0 bridgehead atoms. The van der Waals surface area contributed by atoms with Crippen molar-refractivity contribution in [2.75, 3.05) is 47.5 Å². The summed E-state index contributed by atoms with van der Waals surface area (Å²) in [5.74, 6) is -0.877. The number of phosphoric ester groups is 1. The van der Waals surface area contributed by atoms with Crippen LogP contribution in [0.3, 0.4) is 0 Å². The number of likely N-dealkylation sites (N-methyl/N-ethyl adjacent to an activating group) is 1. The molecular formula is C62H105NO8P+. The first-order valence-electron chi connectivity index (χ1n) is 28.3. The number of phosphoric acid groups is 1. The standard InChI is InChI=1S/C62H104NO8P/c1-6-8-10-12-14-16-18-20-22-24-26-27-28-29-30-31-32-33-34-35-37-39-41-43-45-47-49-51-53-55-62(65)71-60(59-70-72(66,67)69-57-56-63(3,4)5)58-68-61(64)54-52-50-48-46-44-42-40-38-36-25-23-21-19-17-15-13-11-9-7-2/h8,10,14,16,20-23,26-27,29-30,32-33,35,37,41,43,47,49,60H,6-7,9,11-13,15,17-19,24-25,28,31,34,36,38-40,42,44-46,48,50-59H2,1-5H3/p+1/b10-8-,16-14-,22-20-,23-21-,27-26-,30-29-,33-32-,37-35-,43-41-,49-47-. The highest BCUT2D eigenvalue weighted by Crippen LogP contribution is 2.43. The third kappa shape index (κ3) is 55.7. The highest BCUT2D eigenvalue weighted by atomic mass is 31.2. The van der Waals surface area contributed by atoms with Crippen molar-refractivity contribution in [3.05, 3.63) is 122 Å². The molecule has 0 saturated carbocycles. The molecule has 0 aromatic carbocycles. The van der Waals surface area contributed by atoms with Gasteiger partial charge in [0.15, 0.2) is 6.10 Å². The Labute approximate surface area is 441 Å². The predicted molar refractivity (Wildman–Crippen MR) is 307 cm³/mol. The van der Waals surface area contributed by atoms with E-state index in [0.717, 1.165) is 77.0 Å². The summed E-state index contributed by atoms with van der Waals surface area (Å²) >= 11 is 0. The van der Waals surface area contributed by atoms with Crippen LogP contribution in [-0.4, -0.2) is 74.9 Å². The van der Waals surface area contributed by atoms with E-state index in [4.69, 9.17) is 18.5 Å². The van der Waals surface area contributed by atoms with Gasteiger partial charge in [0.25, 0.3) is 0 Å². The fraction of sp³-hybridized carbons (Fsp3) is 0.645. The van der Waals surface area contributed by atoms with E-state index in [1.807, 2.05) is 27.2 Å². The number of hydrogen-bond donors (Lipinski definition) is 1. The van der Waals surface area contributed by atoms with Crippen molar-refractivity contribution in [2.24, 2.45) is 0 Å². The van der Waals surface area contributed by atoms with Crippen LogP contribution < -0.4 is 0 Å². The van der Waals surface area contributed by atoms with Crippen molar-refractivity contribution < 1.29 is 42.1 Å². The predicted octanol–water partition coefficient (Wildman–Crippen LogP) is 17.6. The fourth-order valence-electron chi connectivity index (χ4n) is 7.13. The van der Waals surface area contributed by atoms with Crippen molar-refractivity contribution in [3.8, 4) is 0 Å². The number of unbranched alkanes of at least 4 members (excludes halogenated alkanes) is 16. The van der Waals surface area contributed by atoms with Crippen LogP contribution in [0.5, 0.6) is 0 Å². The van der Waals surface area contributed by atoms with Gasteiger partial charge in [-0.3, -0.25) is 18.6 Å². The largest absolute Gasteiger partial charge is 0.472 e. The molecule has 0 aromatic rings. The van der Waals surface area contributed by atoms with Gasteiger partial charge in [-0.1, -0.05) is 212 Å². The van der Waals surface area contributed by atoms with Gasteiger partial charge in [0.05, 0.1) is 27.7 Å². The topological polar surface area (TPSA) is 108 Å². The van der Waals surface area contributed by atoms with Gasteiger partial charge in [-0.25, -0.2) is 4.57 Å². The van der Waals surface area contributed by atoms with Crippen LogP contribution in [0.1, 0.15) is 206 Å². The van der Waals surface area contributed by atoms with Crippen LogP contribution in [0, 0.1) is 0 Å². The van der Waals surface area contributed by atoms with E-state index < -0.39 is 26.5 Å². The highest BCUT2D eigenvalue weighted by Gasteiger charge is 2.27. The molecule has 0 spiro atoms. The molecule has 0 aliphatic rings. The molecular weight excluding hydrogens is 918 g/mol. The molecule has 0 fully saturated rings. The van der Waals surface area contributed by atoms with Gasteiger partial charge in [0.2, 0.25) is 0 Å². The maximum absolute atomic E-state index is 12.8. The summed E-state index contributed by atoms with van der Waals surface area (Å²) in [7, 11) is 1.42. The Hall–Kier alpha value is -3.59. The van der Waals surface area contributed by atoms with Crippen molar-refractivity contribution in [3.63, 3.8) is 0 Å². The molecule has 10 heteroatoms. The van der Waals surface area contributed by atoms with Crippen LogP contribution in [0.2, 0.25) is 0 Å². The van der Waals surface area contributed by atoms with E-state index in [1.54, 1.807) is 0 Å². The van der Waals surface area contributed by atoms with E-state index in [1.165, 1.54) is 89.9 Å². The molecule has 0 aliphatic heterocycles. The van der Waals surface area contributed by atoms with Gasteiger partial charge in [-0.15, -0.1) is 0 Å². The minimum absolute atomic E-state index is 0.0139. The van der Waals surface area contributed by atoms with Crippen molar-refractivity contribution in [1.82, 2.24) is 0 Å². The second-order valence-electron chi connectivity index (χ2n) is 19.6. The van der Waals surface area contributed by atoms with Crippen LogP contribution >= 0.6 is 7.82 Å². The minimum Gasteiger partial charge on any atom is -0.462 e. The molecule has 1 N–H and O–H groups in total. The van der Waals surface area contributed by atoms with Crippen molar-refractivity contribution >= 4 is 19.8 Å². The fourth-order valence-corrected chi connectivity index (χ4v) is 7.87. The first-order valence-corrected chi connectivity index (χ1v) is 29.8. The molecule has 0 aromatic heterocycles. The Morgan fingerprint density at radius 1 is 0.444 bits per heavy atom. The van der Waals surface area contributed by atoms with Gasteiger partial charge < -0.3 is 18.9 Å². The third-order valence-electron chi connectivity index (χ3n) is 11.5. The summed E-state index contributed by atoms with van der Waals surface area (Å²) in [5.41, 5.74) is 0. The maximum atomic E-state index is 12.8. The Morgan fingerprint density at radius 3 is 1.24 bits per heavy atom. The lowest BCUT2D eigenvalue weighted by Crippen LogP contribution is -2.37. The lowest BCUT2D eigenvalue weighted by Gasteiger charge is -2.24. The van der Waals surface area contributed by atoms with E-state index in [0.29, 0.717) is 23.9 Å². The summed E-state index contributed by atoms with van der Waals surface area (Å²) in [6, 6.07) is 0. The van der Waals surface area contributed by atoms with Crippen LogP contribution in [0.4, 0.5) is 0 Å². The molecule has 0 rings (SSSR count). The minimum atomic E-state index is -4.41. The zero-order valence-electron chi connectivity index (χ0n) is 46.4. The molecule has 9 nitrogen and oxygen atoms in total. The lowest BCUT2D eigenvalue weighted by atomic mass is 10.1. The van der Waals surface area contributed by atoms with E-state index in [-0.39, 0.29) is 32.0 Å². The van der Waals surface area contributed by atoms with Gasteiger partial charge >= 0.3 is 19.8 Å². The number of esters is 2. The number of ether oxygens (including phenoxy) is 2. The van der Waals surface area contributed by atoms with Gasteiger partial charge in [-0.05, 0) is 103 Å². The molecule has 72 heavy (non-hydrogen) atoms. The Bertz CT molecular complexity index is 1630. The third-order valence-corrected chi connectivity index (χ3v) is 12.5. The van der Waals surface area contributed by atoms with Crippen molar-refractivity contribution in [1.29, 1.82) is 0 Å². The SMILES string of the molecule is CC/C=C\C/C=C\C/C=C\C/C=C\C/C=C\C/C=C\C/C=C\C/C=C\C/C=C\CCCC(=O)OC(COC(=O)CCCCCCCCCCC/C=C\CCCCCCCC)COP(=O)(O)OCC[N+](C)(C)C. The van der Waals surface area contributed by atoms with Crippen LogP contribution in [0.25, 0.3) is 0 Å². The summed E-state index contributed by atoms with van der Waals surface area (Å²) in [4.78, 5) is 35.6. The molecule has 410 valence electrons. The van der Waals surface area contributed by atoms with Crippen molar-refractivity contribution in [2.45, 2.75) is 213 Å². The van der Waals surface area contributed by atoms with Crippen LogP contribution in [0.15, 0.2) is 122 Å². The average Bonchev–Trinajstić information content (AvgIpc) is 3.34. The Morgan fingerprint density at radius 2 is 0.806 bits per heavy atom. The first-order chi connectivity index (χ1) is 35.0. The molecule has 0 radical (unpaired) electrons. The van der Waals surface area contributed by atoms with Gasteiger partial charge in [0, 0.05) is 12.8 Å². The number of quaternary nitrogens is 1. The number of hydrogen-bond acceptors (Lipinski definition) is 7. The van der Waals surface area contributed by atoms with E-state index >= 15 is 0 Å². The molecule has 2 unspecified atom stereocenters. The molecule has 0 aliphatic carbocycles. The first kappa shape index (κ1) is 68.4. The smallest absolute Gasteiger partial charge is 0.462 e. The van der Waals surface area contributed by atoms with Gasteiger partial charge in [-0.2, -0.15) is 0 Å². The van der Waals surface area contributed by atoms with Gasteiger partial charge in [0.1, 0.15) is 19.8 Å². The maximum Gasteiger partial charge on any atom is 0.472 e. The molecule has 0 heterocycles. The van der Waals surface area contributed by atoms with E-state index in [2.05, 4.69) is 129 Å². The summed E-state index contributed by atoms with van der Waals surface area (Å²) in [6.07, 6.45) is 74.1. The molecule has 0 saturated heterocycles. The molecule has 0 amide bonds. The number of allylic oxidation sites excluding steroid dienone is 20. The number of rotatable bonds is 50. The summed E-state index contributed by atoms with van der Waals surface area (Å²) in [6.45, 7) is 4.23. The van der Waals surface area contributed by atoms with E-state index in [9.17, 15) is 19.0 Å². The quantitative estimate of drug-likeness (QED) is 0.0211. The average molecular weight is 1020 g/mol. The lowest BCUT2D eigenvalue weighted by molar-refractivity contribution is -0.870. The highest BCUT2D eigenvalue weighted by molar-refractivity contribution is 7.47.